The minimum atomic E-state index is -4.08. The zero-order chi connectivity index (χ0) is 16.6. The van der Waals surface area contributed by atoms with E-state index >= 15 is 0 Å². The molecule has 7 heteroatoms. The van der Waals surface area contributed by atoms with Gasteiger partial charge in [-0.3, -0.25) is 9.89 Å². The Hall–Kier alpha value is -0.980. The second-order valence-electron chi connectivity index (χ2n) is 6.40. The molecule has 1 fully saturated rings. The summed E-state index contributed by atoms with van der Waals surface area (Å²) in [5, 5.41) is 6.51. The lowest BCUT2D eigenvalue weighted by Gasteiger charge is -2.32. The van der Waals surface area contributed by atoms with Crippen molar-refractivity contribution < 1.29 is 13.2 Å². The second-order valence-corrected chi connectivity index (χ2v) is 6.40. The van der Waals surface area contributed by atoms with Crippen LogP contribution in [0.5, 0.6) is 0 Å². The van der Waals surface area contributed by atoms with E-state index in [2.05, 4.69) is 29.5 Å². The molecule has 1 rings (SSSR count). The first kappa shape index (κ1) is 19.1. The monoisotopic (exact) mass is 322 g/mol. The van der Waals surface area contributed by atoms with Crippen molar-refractivity contribution in [2.75, 3.05) is 39.8 Å². The fourth-order valence-electron chi connectivity index (χ4n) is 2.60. The first-order chi connectivity index (χ1) is 10.3. The maximum absolute atomic E-state index is 12.3. The highest BCUT2D eigenvalue weighted by Gasteiger charge is 2.32. The highest BCUT2D eigenvalue weighted by molar-refractivity contribution is 5.79. The number of halogens is 3. The Kier molecular flexibility index (Phi) is 8.00. The number of rotatable bonds is 6. The van der Waals surface area contributed by atoms with Crippen LogP contribution in [0.15, 0.2) is 4.99 Å². The zero-order valence-corrected chi connectivity index (χ0v) is 13.8. The van der Waals surface area contributed by atoms with Crippen molar-refractivity contribution in [1.82, 2.24) is 15.5 Å². The molecular weight excluding hydrogens is 293 g/mol. The van der Waals surface area contributed by atoms with Gasteiger partial charge in [0.15, 0.2) is 5.96 Å². The average Bonchev–Trinajstić information content (AvgIpc) is 2.42. The summed E-state index contributed by atoms with van der Waals surface area (Å²) in [6.07, 6.45) is -1.42. The van der Waals surface area contributed by atoms with Crippen molar-refractivity contribution in [1.29, 1.82) is 0 Å². The molecule has 1 aliphatic rings. The molecule has 0 radical (unpaired) electrons. The van der Waals surface area contributed by atoms with E-state index in [-0.39, 0.29) is 0 Å². The predicted octanol–water partition coefficient (Wildman–Crippen LogP) is 2.47. The number of alkyl halides is 3. The maximum atomic E-state index is 12.3. The van der Waals surface area contributed by atoms with Crippen LogP contribution < -0.4 is 10.6 Å². The fourth-order valence-corrected chi connectivity index (χ4v) is 2.60. The molecule has 0 aliphatic carbocycles. The molecule has 2 N–H and O–H groups in total. The number of nitrogens with one attached hydrogen (secondary N) is 2. The topological polar surface area (TPSA) is 39.7 Å². The lowest BCUT2D eigenvalue weighted by Crippen LogP contribution is -2.42. The molecule has 0 atom stereocenters. The van der Waals surface area contributed by atoms with Crippen LogP contribution in [0.2, 0.25) is 0 Å². The fraction of sp³-hybridized carbons (Fsp3) is 0.933. The van der Waals surface area contributed by atoms with Gasteiger partial charge in [0, 0.05) is 20.1 Å². The van der Waals surface area contributed by atoms with Crippen LogP contribution in [0.1, 0.15) is 33.1 Å². The molecule has 0 aromatic rings. The number of piperidine rings is 1. The van der Waals surface area contributed by atoms with Gasteiger partial charge in [0.05, 0.1) is 6.54 Å². The summed E-state index contributed by atoms with van der Waals surface area (Å²) in [6, 6.07) is 0. The lowest BCUT2D eigenvalue weighted by atomic mass is 9.93. The summed E-state index contributed by atoms with van der Waals surface area (Å²) in [5.41, 5.74) is 0. The molecule has 0 aromatic heterocycles. The molecule has 0 amide bonds. The molecule has 0 aromatic carbocycles. The van der Waals surface area contributed by atoms with E-state index in [1.165, 1.54) is 4.90 Å². The summed E-state index contributed by atoms with van der Waals surface area (Å²) in [6.45, 7) is 6.26. The Labute approximate surface area is 131 Å². The SMILES string of the molecule is CN=C(NCCC1CCN(CC(F)(F)F)CC1)NCC(C)C. The van der Waals surface area contributed by atoms with E-state index in [0.29, 0.717) is 24.9 Å². The summed E-state index contributed by atoms with van der Waals surface area (Å²) in [7, 11) is 1.74. The van der Waals surface area contributed by atoms with Gasteiger partial charge in [-0.1, -0.05) is 13.8 Å². The third kappa shape index (κ3) is 8.46. The van der Waals surface area contributed by atoms with Gasteiger partial charge in [0.25, 0.3) is 0 Å². The van der Waals surface area contributed by atoms with Gasteiger partial charge in [-0.25, -0.2) is 0 Å². The minimum Gasteiger partial charge on any atom is -0.356 e. The van der Waals surface area contributed by atoms with Crippen molar-refractivity contribution in [3.05, 3.63) is 0 Å². The third-order valence-corrected chi connectivity index (χ3v) is 3.86. The summed E-state index contributed by atoms with van der Waals surface area (Å²) < 4.78 is 37.0. The van der Waals surface area contributed by atoms with Gasteiger partial charge in [-0.2, -0.15) is 13.2 Å². The molecule has 1 aliphatic heterocycles. The van der Waals surface area contributed by atoms with Gasteiger partial charge in [0.2, 0.25) is 0 Å². The average molecular weight is 322 g/mol. The Morgan fingerprint density at radius 3 is 2.36 bits per heavy atom. The Morgan fingerprint density at radius 2 is 1.86 bits per heavy atom. The number of likely N-dealkylation sites (tertiary alicyclic amines) is 1. The maximum Gasteiger partial charge on any atom is 0.401 e. The van der Waals surface area contributed by atoms with Crippen molar-refractivity contribution in [2.45, 2.75) is 39.3 Å². The molecule has 1 heterocycles. The van der Waals surface area contributed by atoms with Crippen molar-refractivity contribution in [2.24, 2.45) is 16.8 Å². The van der Waals surface area contributed by atoms with E-state index in [9.17, 15) is 13.2 Å². The Morgan fingerprint density at radius 1 is 1.23 bits per heavy atom. The minimum absolute atomic E-state index is 0.500. The quantitative estimate of drug-likeness (QED) is 0.583. The number of guanidine groups is 1. The van der Waals surface area contributed by atoms with Crippen LogP contribution in [0.3, 0.4) is 0 Å². The van der Waals surface area contributed by atoms with Crippen LogP contribution in [0.4, 0.5) is 13.2 Å². The highest BCUT2D eigenvalue weighted by atomic mass is 19.4. The van der Waals surface area contributed by atoms with E-state index in [1.54, 1.807) is 7.05 Å². The molecule has 22 heavy (non-hydrogen) atoms. The van der Waals surface area contributed by atoms with E-state index in [1.807, 2.05) is 0 Å². The van der Waals surface area contributed by atoms with Gasteiger partial charge >= 0.3 is 6.18 Å². The Balaban J connectivity index is 2.16. The molecule has 1 saturated heterocycles. The molecule has 0 saturated carbocycles. The predicted molar refractivity (Wildman–Crippen MR) is 84.0 cm³/mol. The number of aliphatic imine (C=N–C) groups is 1. The van der Waals surface area contributed by atoms with Crippen LogP contribution in [-0.2, 0) is 0 Å². The van der Waals surface area contributed by atoms with E-state index in [4.69, 9.17) is 0 Å². The second kappa shape index (κ2) is 9.22. The van der Waals surface area contributed by atoms with Crippen LogP contribution >= 0.6 is 0 Å². The zero-order valence-electron chi connectivity index (χ0n) is 13.8. The number of nitrogens with zero attached hydrogens (tertiary/aromatic N) is 2. The molecular formula is C15H29F3N4. The molecule has 0 unspecified atom stereocenters. The van der Waals surface area contributed by atoms with Crippen molar-refractivity contribution in [3.8, 4) is 0 Å². The van der Waals surface area contributed by atoms with Crippen LogP contribution in [-0.4, -0.2) is 56.8 Å². The van der Waals surface area contributed by atoms with Gasteiger partial charge in [0.1, 0.15) is 0 Å². The van der Waals surface area contributed by atoms with E-state index < -0.39 is 12.7 Å². The highest BCUT2D eigenvalue weighted by Crippen LogP contribution is 2.23. The largest absolute Gasteiger partial charge is 0.401 e. The summed E-state index contributed by atoms with van der Waals surface area (Å²) in [4.78, 5) is 5.66. The first-order valence-corrected chi connectivity index (χ1v) is 8.03. The number of hydrogen-bond donors (Lipinski definition) is 2. The van der Waals surface area contributed by atoms with Gasteiger partial charge in [-0.15, -0.1) is 0 Å². The van der Waals surface area contributed by atoms with Crippen molar-refractivity contribution in [3.63, 3.8) is 0 Å². The van der Waals surface area contributed by atoms with Crippen molar-refractivity contribution >= 4 is 5.96 Å². The summed E-state index contributed by atoms with van der Waals surface area (Å²) in [5.74, 6) is 1.85. The third-order valence-electron chi connectivity index (χ3n) is 3.86. The van der Waals surface area contributed by atoms with Gasteiger partial charge in [-0.05, 0) is 44.2 Å². The molecule has 0 bridgehead atoms. The number of hydrogen-bond acceptors (Lipinski definition) is 2. The standard InChI is InChI=1S/C15H29F3N4/c1-12(2)10-21-14(19-3)20-7-4-13-5-8-22(9-6-13)11-15(16,17)18/h12-13H,4-11H2,1-3H3,(H2,19,20,21). The first-order valence-electron chi connectivity index (χ1n) is 8.03. The normalized spacial score (nSPS) is 18.8. The molecule has 0 spiro atoms. The lowest BCUT2D eigenvalue weighted by molar-refractivity contribution is -0.148. The Bertz CT molecular complexity index is 334. The van der Waals surface area contributed by atoms with E-state index in [0.717, 1.165) is 38.3 Å². The van der Waals surface area contributed by atoms with Crippen LogP contribution in [0, 0.1) is 11.8 Å². The molecule has 130 valence electrons. The van der Waals surface area contributed by atoms with Crippen LogP contribution in [0.25, 0.3) is 0 Å². The summed E-state index contributed by atoms with van der Waals surface area (Å²) >= 11 is 0. The molecule has 4 nitrogen and oxygen atoms in total. The smallest absolute Gasteiger partial charge is 0.356 e. The van der Waals surface area contributed by atoms with Gasteiger partial charge < -0.3 is 10.6 Å².